The SMILES string of the molecule is COCCS(=O)(=O)NC(=O)c1cc(OCC2CCOOC2)c2c(C3CCC3)nn(-c3ccccc3)c2n1. The van der Waals surface area contributed by atoms with E-state index in [1.165, 1.54) is 13.2 Å². The van der Waals surface area contributed by atoms with E-state index in [0.717, 1.165) is 42.5 Å². The van der Waals surface area contributed by atoms with Gasteiger partial charge in [-0.1, -0.05) is 24.6 Å². The van der Waals surface area contributed by atoms with E-state index in [4.69, 9.17) is 24.3 Å². The Morgan fingerprint density at radius 2 is 2.00 bits per heavy atom. The number of nitrogens with zero attached hydrogens (tertiary/aromatic N) is 3. The van der Waals surface area contributed by atoms with E-state index < -0.39 is 15.9 Å². The zero-order chi connectivity index (χ0) is 25.8. The van der Waals surface area contributed by atoms with Gasteiger partial charge < -0.3 is 9.47 Å². The Bertz CT molecular complexity index is 1350. The number of carbonyl (C=O) groups is 1. The van der Waals surface area contributed by atoms with Crippen molar-refractivity contribution in [1.29, 1.82) is 0 Å². The second-order valence-corrected chi connectivity index (χ2v) is 11.1. The predicted octanol–water partition coefficient (Wildman–Crippen LogP) is 2.74. The van der Waals surface area contributed by atoms with Crippen LogP contribution in [0.4, 0.5) is 0 Å². The molecular weight excluding hydrogens is 500 g/mol. The van der Waals surface area contributed by atoms with Crippen molar-refractivity contribution >= 4 is 27.0 Å². The van der Waals surface area contributed by atoms with Gasteiger partial charge in [-0.05, 0) is 31.4 Å². The number of para-hydroxylation sites is 1. The van der Waals surface area contributed by atoms with E-state index in [1.807, 2.05) is 30.3 Å². The minimum atomic E-state index is -3.91. The molecule has 1 saturated heterocycles. The number of carbonyl (C=O) groups excluding carboxylic acids is 1. The molecule has 1 aliphatic carbocycles. The first-order chi connectivity index (χ1) is 17.9. The molecule has 198 valence electrons. The van der Waals surface area contributed by atoms with E-state index >= 15 is 0 Å². The minimum Gasteiger partial charge on any atom is -0.492 e. The lowest BCUT2D eigenvalue weighted by Gasteiger charge is -2.24. The van der Waals surface area contributed by atoms with E-state index in [-0.39, 0.29) is 29.9 Å². The third-order valence-electron chi connectivity index (χ3n) is 6.63. The lowest BCUT2D eigenvalue weighted by molar-refractivity contribution is -0.325. The molecule has 5 rings (SSSR count). The minimum absolute atomic E-state index is 0.0395. The van der Waals surface area contributed by atoms with Gasteiger partial charge >= 0.3 is 0 Å². The van der Waals surface area contributed by atoms with Crippen molar-refractivity contribution < 1.29 is 32.5 Å². The van der Waals surface area contributed by atoms with Gasteiger partial charge in [-0.2, -0.15) is 5.10 Å². The van der Waals surface area contributed by atoms with Gasteiger partial charge in [0.05, 0.1) is 48.9 Å². The van der Waals surface area contributed by atoms with Crippen LogP contribution in [0, 0.1) is 5.92 Å². The number of hydrogen-bond acceptors (Lipinski definition) is 9. The molecule has 0 spiro atoms. The molecule has 12 heteroatoms. The van der Waals surface area contributed by atoms with Gasteiger partial charge in [-0.25, -0.2) is 32.6 Å². The van der Waals surface area contributed by atoms with Crippen molar-refractivity contribution in [3.63, 3.8) is 0 Å². The number of rotatable bonds is 10. The van der Waals surface area contributed by atoms with Crippen molar-refractivity contribution in [3.05, 3.63) is 47.8 Å². The third kappa shape index (κ3) is 5.77. The summed E-state index contributed by atoms with van der Waals surface area (Å²) >= 11 is 0. The summed E-state index contributed by atoms with van der Waals surface area (Å²) in [4.78, 5) is 27.7. The van der Waals surface area contributed by atoms with Crippen LogP contribution in [0.15, 0.2) is 36.4 Å². The molecule has 1 atom stereocenters. The molecule has 1 unspecified atom stereocenters. The Morgan fingerprint density at radius 3 is 2.68 bits per heavy atom. The van der Waals surface area contributed by atoms with Gasteiger partial charge in [0.2, 0.25) is 10.0 Å². The summed E-state index contributed by atoms with van der Waals surface area (Å²) in [6.07, 6.45) is 3.91. The van der Waals surface area contributed by atoms with E-state index in [1.54, 1.807) is 4.68 Å². The molecule has 1 aliphatic heterocycles. The van der Waals surface area contributed by atoms with E-state index in [9.17, 15) is 13.2 Å². The van der Waals surface area contributed by atoms with Crippen LogP contribution >= 0.6 is 0 Å². The topological polar surface area (TPSA) is 131 Å². The predicted molar refractivity (Wildman–Crippen MR) is 134 cm³/mol. The molecule has 1 saturated carbocycles. The molecule has 1 N–H and O–H groups in total. The Morgan fingerprint density at radius 1 is 1.19 bits per heavy atom. The first-order valence-corrected chi connectivity index (χ1v) is 14.0. The number of nitrogens with one attached hydrogen (secondary N) is 1. The summed E-state index contributed by atoms with van der Waals surface area (Å²) in [5, 5.41) is 5.65. The first-order valence-electron chi connectivity index (χ1n) is 12.3. The molecule has 0 bridgehead atoms. The second kappa shape index (κ2) is 11.1. The van der Waals surface area contributed by atoms with E-state index in [2.05, 4.69) is 9.71 Å². The number of fused-ring (bicyclic) bond motifs is 1. The molecule has 2 fully saturated rings. The van der Waals surface area contributed by atoms with Crippen LogP contribution in [-0.2, 0) is 24.5 Å². The largest absolute Gasteiger partial charge is 0.492 e. The summed E-state index contributed by atoms with van der Waals surface area (Å²) in [5.41, 5.74) is 2.01. The molecule has 3 heterocycles. The summed E-state index contributed by atoms with van der Waals surface area (Å²) in [6.45, 7) is 1.18. The standard InChI is InChI=1S/C25H30N4O7S/c1-33-12-13-37(31,32)28-25(30)20-14-21(34-15-17-10-11-35-36-16-17)22-23(18-6-5-7-18)27-29(24(22)26-20)19-8-3-2-4-9-19/h2-4,8-9,14,17-18H,5-7,10-13,15-16H2,1H3,(H,28,30). The summed E-state index contributed by atoms with van der Waals surface area (Å²) in [7, 11) is -2.52. The first kappa shape index (κ1) is 25.6. The summed E-state index contributed by atoms with van der Waals surface area (Å²) < 4.78 is 39.6. The number of hydrogen-bond donors (Lipinski definition) is 1. The van der Waals surface area contributed by atoms with Crippen molar-refractivity contribution in [2.24, 2.45) is 5.92 Å². The lowest BCUT2D eigenvalue weighted by Crippen LogP contribution is -2.34. The van der Waals surface area contributed by atoms with Gasteiger partial charge in [0, 0.05) is 25.0 Å². The number of benzene rings is 1. The molecule has 0 radical (unpaired) electrons. The van der Waals surface area contributed by atoms with Crippen LogP contribution in [-0.4, -0.2) is 68.4 Å². The molecule has 1 aromatic carbocycles. The van der Waals surface area contributed by atoms with Gasteiger partial charge in [0.1, 0.15) is 11.4 Å². The average molecular weight is 531 g/mol. The van der Waals surface area contributed by atoms with Crippen molar-refractivity contribution in [1.82, 2.24) is 19.5 Å². The highest BCUT2D eigenvalue weighted by atomic mass is 32.2. The molecular formula is C25H30N4O7S. The smallest absolute Gasteiger partial charge is 0.283 e. The lowest BCUT2D eigenvalue weighted by atomic mass is 9.82. The molecule has 3 aromatic rings. The quantitative estimate of drug-likeness (QED) is 0.393. The maximum Gasteiger partial charge on any atom is 0.283 e. The number of ether oxygens (including phenoxy) is 2. The van der Waals surface area contributed by atoms with Crippen molar-refractivity contribution in [3.8, 4) is 11.4 Å². The van der Waals surface area contributed by atoms with Crippen molar-refractivity contribution in [2.75, 3.05) is 39.3 Å². The normalized spacial score (nSPS) is 18.5. The molecule has 37 heavy (non-hydrogen) atoms. The zero-order valence-electron chi connectivity index (χ0n) is 20.6. The molecule has 11 nitrogen and oxygen atoms in total. The molecule has 2 aromatic heterocycles. The highest BCUT2D eigenvalue weighted by molar-refractivity contribution is 7.90. The van der Waals surface area contributed by atoms with Crippen LogP contribution in [0.5, 0.6) is 5.75 Å². The van der Waals surface area contributed by atoms with Crippen molar-refractivity contribution in [2.45, 2.75) is 31.6 Å². The van der Waals surface area contributed by atoms with Crippen LogP contribution < -0.4 is 9.46 Å². The van der Waals surface area contributed by atoms with Crippen LogP contribution in [0.25, 0.3) is 16.7 Å². The monoisotopic (exact) mass is 530 g/mol. The van der Waals surface area contributed by atoms with Crippen LogP contribution in [0.3, 0.4) is 0 Å². The number of pyridine rings is 1. The maximum atomic E-state index is 13.1. The Labute approximate surface area is 215 Å². The zero-order valence-corrected chi connectivity index (χ0v) is 21.4. The number of aromatic nitrogens is 3. The highest BCUT2D eigenvalue weighted by Gasteiger charge is 2.30. The summed E-state index contributed by atoms with van der Waals surface area (Å²) in [6, 6.07) is 11.0. The fourth-order valence-electron chi connectivity index (χ4n) is 4.33. The van der Waals surface area contributed by atoms with E-state index in [0.29, 0.717) is 31.2 Å². The number of sulfonamides is 1. The van der Waals surface area contributed by atoms with Crippen LogP contribution in [0.2, 0.25) is 0 Å². The maximum absolute atomic E-state index is 13.1. The number of methoxy groups -OCH3 is 1. The van der Waals surface area contributed by atoms with Crippen LogP contribution in [0.1, 0.15) is 47.8 Å². The average Bonchev–Trinajstić information content (AvgIpc) is 3.25. The van der Waals surface area contributed by atoms with Gasteiger partial charge in [0.25, 0.3) is 5.91 Å². The van der Waals surface area contributed by atoms with Gasteiger partial charge in [-0.15, -0.1) is 0 Å². The molecule has 1 amide bonds. The second-order valence-electron chi connectivity index (χ2n) is 9.28. The van der Waals surface area contributed by atoms with Gasteiger partial charge in [-0.3, -0.25) is 4.79 Å². The fourth-order valence-corrected chi connectivity index (χ4v) is 5.21. The third-order valence-corrected chi connectivity index (χ3v) is 7.83. The molecule has 2 aliphatic rings. The number of amides is 1. The highest BCUT2D eigenvalue weighted by Crippen LogP contribution is 2.42. The Balaban J connectivity index is 1.58. The fraction of sp³-hybridized carbons (Fsp3) is 0.480. The Kier molecular flexibility index (Phi) is 7.70. The Hall–Kier alpha value is -3.06. The summed E-state index contributed by atoms with van der Waals surface area (Å²) in [5.74, 6) is -0.376. The van der Waals surface area contributed by atoms with Gasteiger partial charge in [0.15, 0.2) is 5.65 Å².